The molecule has 0 bridgehead atoms. The van der Waals surface area contributed by atoms with E-state index >= 15 is 0 Å². The minimum atomic E-state index is -0.397. The van der Waals surface area contributed by atoms with Crippen molar-refractivity contribution in [3.63, 3.8) is 0 Å². The molecule has 0 spiro atoms. The summed E-state index contributed by atoms with van der Waals surface area (Å²) in [4.78, 5) is 12.5. The Morgan fingerprint density at radius 2 is 2.00 bits per heavy atom. The lowest BCUT2D eigenvalue weighted by Crippen LogP contribution is -2.52. The molecule has 6 heteroatoms. The van der Waals surface area contributed by atoms with Gasteiger partial charge in [-0.05, 0) is 25.8 Å². The van der Waals surface area contributed by atoms with Gasteiger partial charge in [0.2, 0.25) is 0 Å². The number of para-hydroxylation sites is 1. The fourth-order valence-electron chi connectivity index (χ4n) is 2.49. The fraction of sp³-hybridized carbons (Fsp3) is 0.438. The van der Waals surface area contributed by atoms with Crippen molar-refractivity contribution >= 4 is 40.9 Å². The van der Waals surface area contributed by atoms with Gasteiger partial charge in [0, 0.05) is 17.5 Å². The summed E-state index contributed by atoms with van der Waals surface area (Å²) in [6.07, 6.45) is 1.54. The Morgan fingerprint density at radius 3 is 2.50 bits per heavy atom. The van der Waals surface area contributed by atoms with E-state index in [1.165, 1.54) is 0 Å². The number of halogens is 2. The summed E-state index contributed by atoms with van der Waals surface area (Å²) < 4.78 is 5.69. The Labute approximate surface area is 141 Å². The van der Waals surface area contributed by atoms with Gasteiger partial charge in [-0.2, -0.15) is 0 Å². The number of furan rings is 1. The average Bonchev–Trinajstić information content (AvgIpc) is 2.84. The van der Waals surface area contributed by atoms with Crippen LogP contribution < -0.4 is 11.1 Å². The van der Waals surface area contributed by atoms with Gasteiger partial charge < -0.3 is 15.5 Å². The third-order valence-corrected chi connectivity index (χ3v) is 4.54. The van der Waals surface area contributed by atoms with Crippen LogP contribution in [0.4, 0.5) is 0 Å². The van der Waals surface area contributed by atoms with Crippen LogP contribution in [0.5, 0.6) is 0 Å². The summed E-state index contributed by atoms with van der Waals surface area (Å²) in [7, 11) is 0. The number of carbonyl (C=O) groups is 1. The molecule has 122 valence electrons. The lowest BCUT2D eigenvalue weighted by Gasteiger charge is -2.31. The summed E-state index contributed by atoms with van der Waals surface area (Å²) in [5.74, 6) is 0.0618. The van der Waals surface area contributed by atoms with E-state index in [-0.39, 0.29) is 18.3 Å². The average molecular weight is 345 g/mol. The van der Waals surface area contributed by atoms with Crippen LogP contribution in [0, 0.1) is 6.92 Å². The molecule has 1 heterocycles. The van der Waals surface area contributed by atoms with Crippen LogP contribution in [0.15, 0.2) is 22.6 Å². The maximum absolute atomic E-state index is 12.5. The van der Waals surface area contributed by atoms with Crippen molar-refractivity contribution in [1.82, 2.24) is 5.32 Å². The molecule has 22 heavy (non-hydrogen) atoms. The summed E-state index contributed by atoms with van der Waals surface area (Å²) >= 11 is 6.12. The molecule has 0 aliphatic heterocycles. The monoisotopic (exact) mass is 344 g/mol. The second-order valence-corrected chi connectivity index (χ2v) is 5.73. The van der Waals surface area contributed by atoms with Crippen molar-refractivity contribution in [1.29, 1.82) is 0 Å². The van der Waals surface area contributed by atoms with Crippen LogP contribution in [0.3, 0.4) is 0 Å². The molecule has 2 rings (SSSR count). The smallest absolute Gasteiger partial charge is 0.287 e. The molecule has 0 aliphatic rings. The molecule has 0 atom stereocenters. The Morgan fingerprint density at radius 1 is 1.36 bits per heavy atom. The van der Waals surface area contributed by atoms with E-state index in [9.17, 15) is 4.79 Å². The van der Waals surface area contributed by atoms with Gasteiger partial charge in [0.05, 0.1) is 10.6 Å². The molecule has 2 aromatic rings. The van der Waals surface area contributed by atoms with Crippen molar-refractivity contribution < 1.29 is 9.21 Å². The SMILES string of the molecule is CCC(CC)(CN)NC(=O)c1oc2c(Cl)cccc2c1C.Cl. The number of carbonyl (C=O) groups excluding carboxylic acids is 1. The molecule has 0 saturated carbocycles. The number of aryl methyl sites for hydroxylation is 1. The zero-order valence-corrected chi connectivity index (χ0v) is 14.6. The third kappa shape index (κ3) is 3.24. The number of nitrogens with one attached hydrogen (secondary N) is 1. The molecule has 0 radical (unpaired) electrons. The molecule has 0 aliphatic carbocycles. The molecule has 0 fully saturated rings. The Hall–Kier alpha value is -1.23. The number of benzene rings is 1. The largest absolute Gasteiger partial charge is 0.449 e. The zero-order chi connectivity index (χ0) is 15.6. The highest BCUT2D eigenvalue weighted by Crippen LogP contribution is 2.31. The van der Waals surface area contributed by atoms with E-state index in [0.29, 0.717) is 22.9 Å². The topological polar surface area (TPSA) is 68.3 Å². The maximum atomic E-state index is 12.5. The first kappa shape index (κ1) is 18.8. The Kier molecular flexibility index (Phi) is 6.29. The van der Waals surface area contributed by atoms with Crippen LogP contribution >= 0.6 is 24.0 Å². The Balaban J connectivity index is 0.00000242. The highest BCUT2D eigenvalue weighted by molar-refractivity contribution is 6.35. The van der Waals surface area contributed by atoms with Gasteiger partial charge in [0.25, 0.3) is 5.91 Å². The highest BCUT2D eigenvalue weighted by atomic mass is 35.5. The molecule has 0 unspecified atom stereocenters. The standard InChI is InChI=1S/C16H21ClN2O2.ClH/c1-4-16(5-2,9-18)19-15(20)13-10(3)11-7-6-8-12(17)14(11)21-13;/h6-8H,4-5,9,18H2,1-3H3,(H,19,20);1H. The summed E-state index contributed by atoms with van der Waals surface area (Å²) in [6, 6.07) is 5.49. The summed E-state index contributed by atoms with van der Waals surface area (Å²) in [5.41, 5.74) is 6.77. The number of hydrogen-bond acceptors (Lipinski definition) is 3. The van der Waals surface area contributed by atoms with Crippen molar-refractivity contribution in [3.05, 3.63) is 34.5 Å². The number of fused-ring (bicyclic) bond motifs is 1. The number of rotatable bonds is 5. The molecule has 0 saturated heterocycles. The van der Waals surface area contributed by atoms with E-state index in [4.69, 9.17) is 21.8 Å². The third-order valence-electron chi connectivity index (χ3n) is 4.24. The second-order valence-electron chi connectivity index (χ2n) is 5.32. The Bertz CT molecular complexity index is 655. The molecule has 1 aromatic carbocycles. The molecule has 3 N–H and O–H groups in total. The van der Waals surface area contributed by atoms with Crippen LogP contribution in [-0.2, 0) is 0 Å². The minimum Gasteiger partial charge on any atom is -0.449 e. The molecular weight excluding hydrogens is 323 g/mol. The highest BCUT2D eigenvalue weighted by Gasteiger charge is 2.29. The van der Waals surface area contributed by atoms with Gasteiger partial charge in [0.1, 0.15) is 0 Å². The van der Waals surface area contributed by atoms with Gasteiger partial charge in [-0.3, -0.25) is 4.79 Å². The first-order valence-electron chi connectivity index (χ1n) is 7.18. The number of nitrogens with two attached hydrogens (primary N) is 1. The van der Waals surface area contributed by atoms with Gasteiger partial charge in [-0.1, -0.05) is 37.6 Å². The lowest BCUT2D eigenvalue weighted by atomic mass is 9.92. The van der Waals surface area contributed by atoms with Crippen LogP contribution in [0.1, 0.15) is 42.8 Å². The van der Waals surface area contributed by atoms with E-state index in [1.807, 2.05) is 32.9 Å². The van der Waals surface area contributed by atoms with Crippen LogP contribution in [0.2, 0.25) is 5.02 Å². The van der Waals surface area contributed by atoms with Gasteiger partial charge in [0.15, 0.2) is 11.3 Å². The molecular formula is C16H22Cl2N2O2. The van der Waals surface area contributed by atoms with Crippen molar-refractivity contribution in [2.24, 2.45) is 5.73 Å². The first-order valence-corrected chi connectivity index (χ1v) is 7.56. The maximum Gasteiger partial charge on any atom is 0.287 e. The summed E-state index contributed by atoms with van der Waals surface area (Å²) in [5, 5.41) is 4.38. The van der Waals surface area contributed by atoms with E-state index in [0.717, 1.165) is 23.8 Å². The van der Waals surface area contributed by atoms with Gasteiger partial charge >= 0.3 is 0 Å². The summed E-state index contributed by atoms with van der Waals surface area (Å²) in [6.45, 7) is 6.28. The van der Waals surface area contributed by atoms with Gasteiger partial charge in [-0.15, -0.1) is 12.4 Å². The predicted octanol–water partition coefficient (Wildman–Crippen LogP) is 4.06. The normalized spacial score (nSPS) is 11.3. The van der Waals surface area contributed by atoms with E-state index in [2.05, 4.69) is 5.32 Å². The first-order chi connectivity index (χ1) is 9.98. The zero-order valence-electron chi connectivity index (χ0n) is 13.0. The van der Waals surface area contributed by atoms with E-state index < -0.39 is 5.54 Å². The lowest BCUT2D eigenvalue weighted by molar-refractivity contribution is 0.0868. The van der Waals surface area contributed by atoms with Gasteiger partial charge in [-0.25, -0.2) is 0 Å². The number of hydrogen-bond donors (Lipinski definition) is 2. The fourth-order valence-corrected chi connectivity index (χ4v) is 2.70. The minimum absolute atomic E-state index is 0. The van der Waals surface area contributed by atoms with Crippen molar-refractivity contribution in [2.45, 2.75) is 39.2 Å². The van der Waals surface area contributed by atoms with E-state index in [1.54, 1.807) is 6.07 Å². The second kappa shape index (κ2) is 7.36. The molecule has 1 amide bonds. The van der Waals surface area contributed by atoms with Crippen LogP contribution in [-0.4, -0.2) is 18.0 Å². The predicted molar refractivity (Wildman–Crippen MR) is 93.0 cm³/mol. The molecule has 1 aromatic heterocycles. The van der Waals surface area contributed by atoms with Crippen LogP contribution in [0.25, 0.3) is 11.0 Å². The number of amides is 1. The van der Waals surface area contributed by atoms with Crippen molar-refractivity contribution in [3.8, 4) is 0 Å². The quantitative estimate of drug-likeness (QED) is 0.859. The molecule has 4 nitrogen and oxygen atoms in total. The van der Waals surface area contributed by atoms with Crippen molar-refractivity contribution in [2.75, 3.05) is 6.54 Å².